The molecule has 2 N–H and O–H groups in total. The fraction of sp³-hybridized carbons (Fsp3) is 0.562. The number of hydrogen-bond acceptors (Lipinski definition) is 2. The molecule has 2 aliphatic rings. The third-order valence-electron chi connectivity index (χ3n) is 4.50. The van der Waals surface area contributed by atoms with Crippen LogP contribution in [0.1, 0.15) is 49.8 Å². The number of nitrogens with one attached hydrogen (secondary N) is 2. The van der Waals surface area contributed by atoms with Gasteiger partial charge >= 0.3 is 0 Å². The van der Waals surface area contributed by atoms with Gasteiger partial charge in [-0.2, -0.15) is 0 Å². The highest BCUT2D eigenvalue weighted by Crippen LogP contribution is 2.40. The second-order valence-corrected chi connectivity index (χ2v) is 5.81. The Morgan fingerprint density at radius 1 is 1.40 bits per heavy atom. The van der Waals surface area contributed by atoms with Crippen molar-refractivity contribution in [2.24, 2.45) is 5.92 Å². The topological polar surface area (TPSA) is 41.1 Å². The van der Waals surface area contributed by atoms with Crippen molar-refractivity contribution in [3.05, 3.63) is 29.1 Å². The van der Waals surface area contributed by atoms with Gasteiger partial charge in [-0.05, 0) is 49.4 Å². The molecule has 20 heavy (non-hydrogen) atoms. The molecule has 108 valence electrons. The number of anilines is 1. The Labute approximate surface area is 118 Å². The zero-order chi connectivity index (χ0) is 14.1. The van der Waals surface area contributed by atoms with Crippen molar-refractivity contribution in [2.75, 3.05) is 11.9 Å². The lowest BCUT2D eigenvalue weighted by molar-refractivity contribution is -0.116. The van der Waals surface area contributed by atoms with Crippen molar-refractivity contribution >= 4 is 11.6 Å². The highest BCUT2D eigenvalue weighted by atomic mass is 19.1. The van der Waals surface area contributed by atoms with Crippen LogP contribution in [-0.4, -0.2) is 12.5 Å². The van der Waals surface area contributed by atoms with Gasteiger partial charge in [0.05, 0.1) is 0 Å². The van der Waals surface area contributed by atoms with Crippen molar-refractivity contribution in [3.8, 4) is 0 Å². The fourth-order valence-electron chi connectivity index (χ4n) is 3.18. The molecule has 1 amide bonds. The molecule has 1 fully saturated rings. The van der Waals surface area contributed by atoms with Gasteiger partial charge in [0.2, 0.25) is 5.91 Å². The van der Waals surface area contributed by atoms with E-state index < -0.39 is 0 Å². The molecule has 0 radical (unpaired) electrons. The SMILES string of the molecule is CCNC(c1cc2c(cc1F)NC(=O)CC2)C1CCC1. The maximum Gasteiger partial charge on any atom is 0.224 e. The summed E-state index contributed by atoms with van der Waals surface area (Å²) in [5.74, 6) is 0.316. The normalized spacial score (nSPS) is 20.0. The van der Waals surface area contributed by atoms with Crippen LogP contribution in [0.5, 0.6) is 0 Å². The molecule has 1 aromatic carbocycles. The van der Waals surface area contributed by atoms with Crippen molar-refractivity contribution in [2.45, 2.75) is 45.1 Å². The number of fused-ring (bicyclic) bond motifs is 1. The summed E-state index contributed by atoms with van der Waals surface area (Å²) in [5, 5.41) is 6.19. The fourth-order valence-corrected chi connectivity index (χ4v) is 3.18. The number of amides is 1. The molecule has 1 saturated carbocycles. The quantitative estimate of drug-likeness (QED) is 0.887. The number of carbonyl (C=O) groups excluding carboxylic acids is 1. The van der Waals surface area contributed by atoms with Crippen molar-refractivity contribution in [3.63, 3.8) is 0 Å². The van der Waals surface area contributed by atoms with E-state index in [2.05, 4.69) is 17.6 Å². The summed E-state index contributed by atoms with van der Waals surface area (Å²) < 4.78 is 14.4. The van der Waals surface area contributed by atoms with Gasteiger partial charge in [-0.25, -0.2) is 4.39 Å². The van der Waals surface area contributed by atoms with Gasteiger partial charge in [0.25, 0.3) is 0 Å². The molecular weight excluding hydrogens is 255 g/mol. The number of rotatable bonds is 4. The predicted molar refractivity (Wildman–Crippen MR) is 77.1 cm³/mol. The van der Waals surface area contributed by atoms with Gasteiger partial charge in [-0.15, -0.1) is 0 Å². The van der Waals surface area contributed by atoms with Crippen LogP contribution in [0, 0.1) is 11.7 Å². The monoisotopic (exact) mass is 276 g/mol. The third kappa shape index (κ3) is 2.44. The van der Waals surface area contributed by atoms with Gasteiger partial charge in [-0.1, -0.05) is 13.3 Å². The van der Waals surface area contributed by atoms with E-state index in [4.69, 9.17) is 0 Å². The first-order valence-electron chi connectivity index (χ1n) is 7.54. The van der Waals surface area contributed by atoms with Crippen LogP contribution >= 0.6 is 0 Å². The molecule has 0 aromatic heterocycles. The molecule has 0 saturated heterocycles. The van der Waals surface area contributed by atoms with E-state index >= 15 is 0 Å². The molecule has 1 unspecified atom stereocenters. The zero-order valence-corrected chi connectivity index (χ0v) is 11.8. The van der Waals surface area contributed by atoms with Gasteiger partial charge in [0.1, 0.15) is 5.82 Å². The standard InChI is InChI=1S/C16H21FN2O/c1-2-18-16(10-4-3-5-10)12-8-11-6-7-15(20)19-14(11)9-13(12)17/h8-10,16,18H,2-7H2,1H3,(H,19,20). The maximum atomic E-state index is 14.4. The molecule has 3 nitrogen and oxygen atoms in total. The van der Waals surface area contributed by atoms with E-state index in [1.165, 1.54) is 25.3 Å². The minimum absolute atomic E-state index is 0.0214. The van der Waals surface area contributed by atoms with Crippen molar-refractivity contribution < 1.29 is 9.18 Å². The van der Waals surface area contributed by atoms with Crippen LogP contribution in [0.2, 0.25) is 0 Å². The second kappa shape index (κ2) is 5.52. The average Bonchev–Trinajstić information content (AvgIpc) is 2.35. The first-order valence-corrected chi connectivity index (χ1v) is 7.54. The molecule has 4 heteroatoms. The molecular formula is C16H21FN2O. The zero-order valence-electron chi connectivity index (χ0n) is 11.8. The van der Waals surface area contributed by atoms with Crippen LogP contribution in [0.15, 0.2) is 12.1 Å². The highest BCUT2D eigenvalue weighted by Gasteiger charge is 2.30. The molecule has 0 spiro atoms. The maximum absolute atomic E-state index is 14.4. The first kappa shape index (κ1) is 13.6. The Hall–Kier alpha value is -1.42. The molecule has 1 aromatic rings. The Balaban J connectivity index is 1.93. The molecule has 3 rings (SSSR count). The minimum Gasteiger partial charge on any atom is -0.326 e. The highest BCUT2D eigenvalue weighted by molar-refractivity contribution is 5.93. The van der Waals surface area contributed by atoms with E-state index in [1.807, 2.05) is 6.07 Å². The lowest BCUT2D eigenvalue weighted by atomic mass is 9.76. The van der Waals surface area contributed by atoms with E-state index in [0.717, 1.165) is 17.7 Å². The Kier molecular flexibility index (Phi) is 3.74. The van der Waals surface area contributed by atoms with Gasteiger partial charge in [-0.3, -0.25) is 4.79 Å². The molecule has 1 atom stereocenters. The largest absolute Gasteiger partial charge is 0.326 e. The second-order valence-electron chi connectivity index (χ2n) is 5.81. The average molecular weight is 276 g/mol. The summed E-state index contributed by atoms with van der Waals surface area (Å²) in [5.41, 5.74) is 2.47. The van der Waals surface area contributed by atoms with E-state index in [-0.39, 0.29) is 17.8 Å². The van der Waals surface area contributed by atoms with Crippen LogP contribution in [0.4, 0.5) is 10.1 Å². The lowest BCUT2D eigenvalue weighted by Gasteiger charge is -2.35. The summed E-state index contributed by atoms with van der Waals surface area (Å²) in [4.78, 5) is 11.4. The van der Waals surface area contributed by atoms with Crippen LogP contribution in [0.25, 0.3) is 0 Å². The van der Waals surface area contributed by atoms with Gasteiger partial charge < -0.3 is 10.6 Å². The minimum atomic E-state index is -0.205. The predicted octanol–water partition coefficient (Wildman–Crippen LogP) is 3.16. The summed E-state index contributed by atoms with van der Waals surface area (Å²) in [6.45, 7) is 2.90. The smallest absolute Gasteiger partial charge is 0.224 e. The van der Waals surface area contributed by atoms with E-state index in [0.29, 0.717) is 24.4 Å². The molecule has 0 bridgehead atoms. The number of hydrogen-bond donors (Lipinski definition) is 2. The van der Waals surface area contributed by atoms with E-state index in [9.17, 15) is 9.18 Å². The Morgan fingerprint density at radius 3 is 2.85 bits per heavy atom. The Morgan fingerprint density at radius 2 is 2.20 bits per heavy atom. The van der Waals surface area contributed by atoms with Gasteiger partial charge in [0, 0.05) is 23.7 Å². The Bertz CT molecular complexity index is 525. The first-order chi connectivity index (χ1) is 9.69. The van der Waals surface area contributed by atoms with Crippen LogP contribution < -0.4 is 10.6 Å². The van der Waals surface area contributed by atoms with Crippen molar-refractivity contribution in [1.82, 2.24) is 5.32 Å². The molecule has 1 aliphatic carbocycles. The van der Waals surface area contributed by atoms with Crippen LogP contribution in [0.3, 0.4) is 0 Å². The van der Waals surface area contributed by atoms with Crippen LogP contribution in [-0.2, 0) is 11.2 Å². The number of carbonyl (C=O) groups is 1. The third-order valence-corrected chi connectivity index (χ3v) is 4.50. The summed E-state index contributed by atoms with van der Waals surface area (Å²) in [7, 11) is 0. The molecule has 1 aliphatic heterocycles. The number of benzene rings is 1. The summed E-state index contributed by atoms with van der Waals surface area (Å²) in [6.07, 6.45) is 4.79. The molecule has 1 heterocycles. The number of halogens is 1. The van der Waals surface area contributed by atoms with E-state index in [1.54, 1.807) is 0 Å². The lowest BCUT2D eigenvalue weighted by Crippen LogP contribution is -2.33. The van der Waals surface area contributed by atoms with Gasteiger partial charge in [0.15, 0.2) is 0 Å². The summed E-state index contributed by atoms with van der Waals surface area (Å²) in [6, 6.07) is 3.55. The summed E-state index contributed by atoms with van der Waals surface area (Å²) >= 11 is 0. The number of aryl methyl sites for hydroxylation is 1. The van der Waals surface area contributed by atoms with Crippen molar-refractivity contribution in [1.29, 1.82) is 0 Å².